The molecule has 2 aromatic rings. The maximum Gasteiger partial charge on any atom is 0.133 e. The minimum Gasteiger partial charge on any atom is -0.353 e. The van der Waals surface area contributed by atoms with Crippen LogP contribution in [0.5, 0.6) is 0 Å². The summed E-state index contributed by atoms with van der Waals surface area (Å²) in [6, 6.07) is 11.1. The number of piperidine rings is 1. The second-order valence-electron chi connectivity index (χ2n) is 5.55. The number of benzene rings is 1. The smallest absolute Gasteiger partial charge is 0.133 e. The molecule has 0 N–H and O–H groups in total. The van der Waals surface area contributed by atoms with Crippen molar-refractivity contribution in [2.24, 2.45) is 0 Å². The molecule has 1 atom stereocenters. The van der Waals surface area contributed by atoms with E-state index in [0.717, 1.165) is 23.4 Å². The zero-order chi connectivity index (χ0) is 13.9. The molecule has 2 nitrogen and oxygen atoms in total. The lowest BCUT2D eigenvalue weighted by atomic mass is 9.99. The second kappa shape index (κ2) is 6.01. The average Bonchev–Trinajstić information content (AvgIpc) is 2.53. The van der Waals surface area contributed by atoms with E-state index in [9.17, 15) is 0 Å². The van der Waals surface area contributed by atoms with Gasteiger partial charge in [-0.2, -0.15) is 0 Å². The van der Waals surface area contributed by atoms with Gasteiger partial charge in [0, 0.05) is 23.5 Å². The predicted octanol–water partition coefficient (Wildman–Crippen LogP) is 4.74. The number of pyridine rings is 1. The summed E-state index contributed by atoms with van der Waals surface area (Å²) in [5.41, 5.74) is 2.22. The molecule has 1 unspecified atom stereocenters. The molecule has 2 heterocycles. The van der Waals surface area contributed by atoms with E-state index in [4.69, 9.17) is 16.6 Å². The largest absolute Gasteiger partial charge is 0.353 e. The molecule has 1 fully saturated rings. The molecule has 106 valence electrons. The maximum absolute atomic E-state index is 6.18. The van der Waals surface area contributed by atoms with Crippen LogP contribution < -0.4 is 4.90 Å². The topological polar surface area (TPSA) is 16.1 Å². The summed E-state index contributed by atoms with van der Waals surface area (Å²) >= 11 is 6.18. The lowest BCUT2D eigenvalue weighted by Gasteiger charge is -2.37. The van der Waals surface area contributed by atoms with Crippen LogP contribution in [0.4, 0.5) is 5.82 Å². The number of hydrogen-bond acceptors (Lipinski definition) is 2. The molecule has 1 saturated heterocycles. The highest BCUT2D eigenvalue weighted by molar-refractivity contribution is 6.17. The van der Waals surface area contributed by atoms with E-state index in [1.807, 2.05) is 6.07 Å². The van der Waals surface area contributed by atoms with Crippen LogP contribution in [0.3, 0.4) is 0 Å². The number of para-hydroxylation sites is 1. The summed E-state index contributed by atoms with van der Waals surface area (Å²) in [6.07, 6.45) is 5.04. The molecular weight excluding hydrogens is 268 g/mol. The summed E-state index contributed by atoms with van der Waals surface area (Å²) in [6.45, 7) is 3.37. The van der Waals surface area contributed by atoms with Gasteiger partial charge < -0.3 is 4.90 Å². The van der Waals surface area contributed by atoms with Gasteiger partial charge in [-0.25, -0.2) is 4.98 Å². The van der Waals surface area contributed by atoms with E-state index in [2.05, 4.69) is 36.1 Å². The van der Waals surface area contributed by atoms with Gasteiger partial charge in [-0.3, -0.25) is 0 Å². The summed E-state index contributed by atoms with van der Waals surface area (Å²) in [4.78, 5) is 7.39. The van der Waals surface area contributed by atoms with Crippen LogP contribution in [-0.4, -0.2) is 17.6 Å². The van der Waals surface area contributed by atoms with Crippen molar-refractivity contribution in [1.29, 1.82) is 0 Å². The van der Waals surface area contributed by atoms with Crippen LogP contribution in [0.15, 0.2) is 30.3 Å². The van der Waals surface area contributed by atoms with Crippen LogP contribution in [0.25, 0.3) is 10.9 Å². The standard InChI is InChI=1S/C17H21ClN2/c1-2-15-8-5-6-10-20(15)17-14(12-18)11-13-7-3-4-9-16(13)19-17/h3-4,7,9,11,15H,2,5-6,8,10,12H2,1H3. The lowest BCUT2D eigenvalue weighted by Crippen LogP contribution is -2.40. The Kier molecular flexibility index (Phi) is 4.11. The first-order valence-electron chi connectivity index (χ1n) is 7.54. The summed E-state index contributed by atoms with van der Waals surface area (Å²) in [7, 11) is 0. The predicted molar refractivity (Wildman–Crippen MR) is 86.6 cm³/mol. The summed E-state index contributed by atoms with van der Waals surface area (Å²) in [5, 5.41) is 1.18. The van der Waals surface area contributed by atoms with Gasteiger partial charge in [0.05, 0.1) is 11.4 Å². The Hall–Kier alpha value is -1.28. The number of aromatic nitrogens is 1. The lowest BCUT2D eigenvalue weighted by molar-refractivity contribution is 0.446. The first-order valence-corrected chi connectivity index (χ1v) is 8.08. The number of anilines is 1. The van der Waals surface area contributed by atoms with Gasteiger partial charge in [-0.15, -0.1) is 11.6 Å². The van der Waals surface area contributed by atoms with E-state index in [-0.39, 0.29) is 0 Å². The van der Waals surface area contributed by atoms with Crippen LogP contribution >= 0.6 is 11.6 Å². The van der Waals surface area contributed by atoms with E-state index in [0.29, 0.717) is 11.9 Å². The minimum absolute atomic E-state index is 0.528. The third-order valence-electron chi connectivity index (χ3n) is 4.29. The normalized spacial score (nSPS) is 19.5. The molecule has 20 heavy (non-hydrogen) atoms. The fraction of sp³-hybridized carbons (Fsp3) is 0.471. The summed E-state index contributed by atoms with van der Waals surface area (Å²) < 4.78 is 0. The number of hydrogen-bond donors (Lipinski definition) is 0. The summed E-state index contributed by atoms with van der Waals surface area (Å²) in [5.74, 6) is 1.63. The number of alkyl halides is 1. The van der Waals surface area contributed by atoms with Crippen molar-refractivity contribution in [3.05, 3.63) is 35.9 Å². The van der Waals surface area contributed by atoms with Gasteiger partial charge in [0.2, 0.25) is 0 Å². The van der Waals surface area contributed by atoms with Gasteiger partial charge in [0.25, 0.3) is 0 Å². The molecule has 1 aromatic carbocycles. The molecule has 0 aliphatic carbocycles. The van der Waals surface area contributed by atoms with Crippen LogP contribution in [0, 0.1) is 0 Å². The van der Waals surface area contributed by atoms with E-state index in [1.165, 1.54) is 31.1 Å². The highest BCUT2D eigenvalue weighted by Gasteiger charge is 2.24. The van der Waals surface area contributed by atoms with Crippen molar-refractivity contribution in [3.63, 3.8) is 0 Å². The molecule has 0 radical (unpaired) electrons. The van der Waals surface area contributed by atoms with Crippen molar-refractivity contribution >= 4 is 28.3 Å². The van der Waals surface area contributed by atoms with Crippen molar-refractivity contribution in [3.8, 4) is 0 Å². The van der Waals surface area contributed by atoms with Crippen LogP contribution in [0.2, 0.25) is 0 Å². The van der Waals surface area contributed by atoms with Gasteiger partial charge in [-0.1, -0.05) is 25.1 Å². The third kappa shape index (κ3) is 2.49. The van der Waals surface area contributed by atoms with Crippen molar-refractivity contribution in [1.82, 2.24) is 4.98 Å². The zero-order valence-electron chi connectivity index (χ0n) is 12.0. The number of halogens is 1. The number of fused-ring (bicyclic) bond motifs is 1. The Morgan fingerprint density at radius 3 is 2.95 bits per heavy atom. The quantitative estimate of drug-likeness (QED) is 0.758. The molecule has 1 aromatic heterocycles. The Labute approximate surface area is 125 Å². The SMILES string of the molecule is CCC1CCCCN1c1nc2ccccc2cc1CCl. The zero-order valence-corrected chi connectivity index (χ0v) is 12.7. The van der Waals surface area contributed by atoms with Crippen LogP contribution in [0.1, 0.15) is 38.2 Å². The van der Waals surface area contributed by atoms with Crippen molar-refractivity contribution in [2.45, 2.75) is 44.5 Å². The maximum atomic E-state index is 6.18. The van der Waals surface area contributed by atoms with Gasteiger partial charge in [0.1, 0.15) is 5.82 Å². The second-order valence-corrected chi connectivity index (χ2v) is 5.82. The molecule has 0 bridgehead atoms. The van der Waals surface area contributed by atoms with E-state index < -0.39 is 0 Å². The molecule has 1 aliphatic heterocycles. The van der Waals surface area contributed by atoms with Gasteiger partial charge >= 0.3 is 0 Å². The van der Waals surface area contributed by atoms with Gasteiger partial charge in [0.15, 0.2) is 0 Å². The number of rotatable bonds is 3. The van der Waals surface area contributed by atoms with Crippen molar-refractivity contribution in [2.75, 3.05) is 11.4 Å². The highest BCUT2D eigenvalue weighted by Crippen LogP contribution is 2.30. The van der Waals surface area contributed by atoms with E-state index >= 15 is 0 Å². The Balaban J connectivity index is 2.08. The fourth-order valence-corrected chi connectivity index (χ4v) is 3.40. The third-order valence-corrected chi connectivity index (χ3v) is 4.58. The van der Waals surface area contributed by atoms with Gasteiger partial charge in [-0.05, 0) is 37.8 Å². The highest BCUT2D eigenvalue weighted by atomic mass is 35.5. The minimum atomic E-state index is 0.528. The molecule has 1 aliphatic rings. The fourth-order valence-electron chi connectivity index (χ4n) is 3.20. The van der Waals surface area contributed by atoms with Crippen molar-refractivity contribution < 1.29 is 0 Å². The average molecular weight is 289 g/mol. The Morgan fingerprint density at radius 1 is 1.30 bits per heavy atom. The number of nitrogens with zero attached hydrogens (tertiary/aromatic N) is 2. The van der Waals surface area contributed by atoms with E-state index in [1.54, 1.807) is 0 Å². The Bertz CT molecular complexity index is 597. The monoisotopic (exact) mass is 288 g/mol. The first-order chi connectivity index (χ1) is 9.83. The molecule has 0 spiro atoms. The molecule has 3 rings (SSSR count). The first kappa shape index (κ1) is 13.7. The molecular formula is C17H21ClN2. The molecule has 0 saturated carbocycles. The van der Waals surface area contributed by atoms with Crippen LogP contribution in [-0.2, 0) is 5.88 Å². The Morgan fingerprint density at radius 2 is 2.15 bits per heavy atom. The molecule has 0 amide bonds. The molecule has 3 heteroatoms.